The third kappa shape index (κ3) is 4.71. The first-order valence-electron chi connectivity index (χ1n) is 4.56. The zero-order valence-corrected chi connectivity index (χ0v) is 8.34. The van der Waals surface area contributed by atoms with Gasteiger partial charge in [0.05, 0.1) is 0 Å². The largest absolute Gasteiger partial charge is 0.573 e. The first-order chi connectivity index (χ1) is 7.51. The van der Waals surface area contributed by atoms with Crippen molar-refractivity contribution in [2.45, 2.75) is 12.8 Å². The van der Waals surface area contributed by atoms with Gasteiger partial charge in [-0.2, -0.15) is 0 Å². The van der Waals surface area contributed by atoms with Crippen molar-refractivity contribution < 1.29 is 17.9 Å². The Bertz CT molecular complexity index is 386. The standard InChI is InChI=1S/C11H10F3NO/c12-11(13,14)16-10-6-4-9(5-7-10)3-1-2-8-15/h4-7H,2,8,15H2. The number of alkyl halides is 3. The van der Waals surface area contributed by atoms with E-state index in [9.17, 15) is 13.2 Å². The molecule has 0 radical (unpaired) electrons. The van der Waals surface area contributed by atoms with Crippen molar-refractivity contribution in [2.24, 2.45) is 5.73 Å². The molecule has 2 N–H and O–H groups in total. The van der Waals surface area contributed by atoms with Gasteiger partial charge in [-0.1, -0.05) is 11.8 Å². The highest BCUT2D eigenvalue weighted by atomic mass is 19.4. The highest BCUT2D eigenvalue weighted by molar-refractivity contribution is 5.38. The highest BCUT2D eigenvalue weighted by Crippen LogP contribution is 2.22. The van der Waals surface area contributed by atoms with E-state index in [0.717, 1.165) is 0 Å². The van der Waals surface area contributed by atoms with Crippen molar-refractivity contribution in [3.63, 3.8) is 0 Å². The van der Waals surface area contributed by atoms with Crippen molar-refractivity contribution in [3.05, 3.63) is 29.8 Å². The van der Waals surface area contributed by atoms with E-state index in [-0.39, 0.29) is 5.75 Å². The van der Waals surface area contributed by atoms with E-state index in [4.69, 9.17) is 5.73 Å². The molecule has 86 valence electrons. The van der Waals surface area contributed by atoms with Crippen LogP contribution in [0.4, 0.5) is 13.2 Å². The summed E-state index contributed by atoms with van der Waals surface area (Å²) in [5.74, 6) is 5.30. The van der Waals surface area contributed by atoms with E-state index in [1.54, 1.807) is 0 Å². The fraction of sp³-hybridized carbons (Fsp3) is 0.273. The van der Waals surface area contributed by atoms with E-state index in [2.05, 4.69) is 16.6 Å². The molecule has 5 heteroatoms. The molecular formula is C11H10F3NO. The lowest BCUT2D eigenvalue weighted by Crippen LogP contribution is -2.16. The Morgan fingerprint density at radius 1 is 1.19 bits per heavy atom. The third-order valence-electron chi connectivity index (χ3n) is 1.59. The van der Waals surface area contributed by atoms with Crippen LogP contribution in [0, 0.1) is 11.8 Å². The monoisotopic (exact) mass is 229 g/mol. The van der Waals surface area contributed by atoms with Crippen LogP contribution >= 0.6 is 0 Å². The van der Waals surface area contributed by atoms with Crippen molar-refractivity contribution in [1.82, 2.24) is 0 Å². The van der Waals surface area contributed by atoms with Crippen molar-refractivity contribution in [1.29, 1.82) is 0 Å². The van der Waals surface area contributed by atoms with Crippen LogP contribution in [-0.2, 0) is 0 Å². The average molecular weight is 229 g/mol. The van der Waals surface area contributed by atoms with E-state index in [1.807, 2.05) is 0 Å². The maximum absolute atomic E-state index is 11.8. The molecule has 0 bridgehead atoms. The molecule has 0 aromatic heterocycles. The molecule has 1 rings (SSSR count). The Labute approximate surface area is 91.2 Å². The predicted molar refractivity (Wildman–Crippen MR) is 53.7 cm³/mol. The number of hydrogen-bond acceptors (Lipinski definition) is 2. The molecule has 0 aliphatic rings. The summed E-state index contributed by atoms with van der Waals surface area (Å²) in [6.45, 7) is 0.461. The van der Waals surface area contributed by atoms with Gasteiger partial charge in [-0.15, -0.1) is 13.2 Å². The first-order valence-corrected chi connectivity index (χ1v) is 4.56. The summed E-state index contributed by atoms with van der Waals surface area (Å²) >= 11 is 0. The third-order valence-corrected chi connectivity index (χ3v) is 1.59. The van der Waals surface area contributed by atoms with Crippen molar-refractivity contribution in [2.75, 3.05) is 6.54 Å². The number of rotatable bonds is 2. The van der Waals surface area contributed by atoms with E-state index >= 15 is 0 Å². The number of nitrogens with two attached hydrogens (primary N) is 1. The summed E-state index contributed by atoms with van der Waals surface area (Å²) in [6, 6.07) is 5.37. The van der Waals surface area contributed by atoms with Crippen LogP contribution in [-0.4, -0.2) is 12.9 Å². The van der Waals surface area contributed by atoms with Gasteiger partial charge in [-0.05, 0) is 24.3 Å². The molecule has 0 saturated heterocycles. The lowest BCUT2D eigenvalue weighted by Gasteiger charge is -2.07. The number of halogens is 3. The Morgan fingerprint density at radius 2 is 1.81 bits per heavy atom. The first kappa shape index (κ1) is 12.4. The molecule has 0 aliphatic carbocycles. The van der Waals surface area contributed by atoms with Gasteiger partial charge in [-0.3, -0.25) is 0 Å². The molecule has 0 saturated carbocycles. The van der Waals surface area contributed by atoms with E-state index < -0.39 is 6.36 Å². The van der Waals surface area contributed by atoms with Crippen LogP contribution in [0.5, 0.6) is 5.75 Å². The molecule has 0 fully saturated rings. The van der Waals surface area contributed by atoms with Gasteiger partial charge < -0.3 is 10.5 Å². The molecule has 0 aliphatic heterocycles. The molecular weight excluding hydrogens is 219 g/mol. The van der Waals surface area contributed by atoms with Gasteiger partial charge in [0, 0.05) is 18.5 Å². The second-order valence-electron chi connectivity index (χ2n) is 2.91. The lowest BCUT2D eigenvalue weighted by atomic mass is 10.2. The fourth-order valence-corrected chi connectivity index (χ4v) is 0.977. The Morgan fingerprint density at radius 3 is 2.31 bits per heavy atom. The zero-order valence-electron chi connectivity index (χ0n) is 8.34. The maximum atomic E-state index is 11.8. The Kier molecular flexibility index (Phi) is 4.20. The van der Waals surface area contributed by atoms with Crippen LogP contribution in [0.25, 0.3) is 0 Å². The molecule has 2 nitrogen and oxygen atoms in total. The summed E-state index contributed by atoms with van der Waals surface area (Å²) < 4.78 is 39.2. The quantitative estimate of drug-likeness (QED) is 0.789. The van der Waals surface area contributed by atoms with E-state index in [1.165, 1.54) is 24.3 Å². The van der Waals surface area contributed by atoms with Crippen molar-refractivity contribution in [3.8, 4) is 17.6 Å². The number of hydrogen-bond donors (Lipinski definition) is 1. The molecule has 0 unspecified atom stereocenters. The lowest BCUT2D eigenvalue weighted by molar-refractivity contribution is -0.274. The minimum atomic E-state index is -4.66. The van der Waals surface area contributed by atoms with Crippen LogP contribution in [0.1, 0.15) is 12.0 Å². The topological polar surface area (TPSA) is 35.2 Å². The van der Waals surface area contributed by atoms with Crippen LogP contribution < -0.4 is 10.5 Å². The van der Waals surface area contributed by atoms with Gasteiger partial charge >= 0.3 is 6.36 Å². The molecule has 0 atom stereocenters. The normalized spacial score (nSPS) is 10.5. The molecule has 1 aromatic rings. The highest BCUT2D eigenvalue weighted by Gasteiger charge is 2.30. The van der Waals surface area contributed by atoms with Gasteiger partial charge in [0.2, 0.25) is 0 Å². The Hall–Kier alpha value is -1.67. The summed E-state index contributed by atoms with van der Waals surface area (Å²) in [7, 11) is 0. The van der Waals surface area contributed by atoms with Crippen LogP contribution in [0.15, 0.2) is 24.3 Å². The summed E-state index contributed by atoms with van der Waals surface area (Å²) in [4.78, 5) is 0. The molecule has 0 heterocycles. The summed E-state index contributed by atoms with van der Waals surface area (Å²) in [6.07, 6.45) is -4.10. The summed E-state index contributed by atoms with van der Waals surface area (Å²) in [5, 5.41) is 0. The van der Waals surface area contributed by atoms with Gasteiger partial charge in [0.25, 0.3) is 0 Å². The SMILES string of the molecule is NCCC#Cc1ccc(OC(F)(F)F)cc1. The second-order valence-corrected chi connectivity index (χ2v) is 2.91. The predicted octanol–water partition coefficient (Wildman–Crippen LogP) is 2.29. The maximum Gasteiger partial charge on any atom is 0.573 e. The molecule has 1 aromatic carbocycles. The van der Waals surface area contributed by atoms with Gasteiger partial charge in [0.15, 0.2) is 0 Å². The molecule has 16 heavy (non-hydrogen) atoms. The summed E-state index contributed by atoms with van der Waals surface area (Å²) in [5.41, 5.74) is 5.87. The average Bonchev–Trinajstić information content (AvgIpc) is 2.19. The van der Waals surface area contributed by atoms with Gasteiger partial charge in [0.1, 0.15) is 5.75 Å². The smallest absolute Gasteiger partial charge is 0.406 e. The van der Waals surface area contributed by atoms with Gasteiger partial charge in [-0.25, -0.2) is 0 Å². The number of benzene rings is 1. The van der Waals surface area contributed by atoms with Crippen LogP contribution in [0.2, 0.25) is 0 Å². The van der Waals surface area contributed by atoms with Crippen molar-refractivity contribution >= 4 is 0 Å². The Balaban J connectivity index is 2.66. The second kappa shape index (κ2) is 5.42. The number of ether oxygens (including phenoxy) is 1. The minimum Gasteiger partial charge on any atom is -0.406 e. The van der Waals surface area contributed by atoms with E-state index in [0.29, 0.717) is 18.5 Å². The minimum absolute atomic E-state index is 0.253. The molecule has 0 amide bonds. The van der Waals surface area contributed by atoms with Crippen LogP contribution in [0.3, 0.4) is 0 Å². The zero-order chi connectivity index (χ0) is 12.0. The fourth-order valence-electron chi connectivity index (χ4n) is 0.977. The molecule has 0 spiro atoms.